The predicted octanol–water partition coefficient (Wildman–Crippen LogP) is 4.28. The van der Waals surface area contributed by atoms with Gasteiger partial charge in [-0.25, -0.2) is 14.4 Å². The van der Waals surface area contributed by atoms with Crippen molar-refractivity contribution in [2.24, 2.45) is 0 Å². The summed E-state index contributed by atoms with van der Waals surface area (Å²) >= 11 is 0. The highest BCUT2D eigenvalue weighted by molar-refractivity contribution is 5.96. The summed E-state index contributed by atoms with van der Waals surface area (Å²) < 4.78 is 22.8. The molecule has 2 fully saturated rings. The van der Waals surface area contributed by atoms with Gasteiger partial charge in [-0.1, -0.05) is 0 Å². The molecule has 0 atom stereocenters. The summed E-state index contributed by atoms with van der Waals surface area (Å²) in [4.78, 5) is 19.3. The molecule has 3 aromatic heterocycles. The first kappa shape index (κ1) is 21.5. The van der Waals surface area contributed by atoms with Gasteiger partial charge in [0.2, 0.25) is 5.95 Å². The molecule has 4 heterocycles. The van der Waals surface area contributed by atoms with E-state index in [1.54, 1.807) is 13.2 Å². The van der Waals surface area contributed by atoms with Crippen molar-refractivity contribution in [2.45, 2.75) is 50.8 Å². The Bertz CT molecular complexity index is 1350. The average molecular weight is 464 g/mol. The zero-order valence-electron chi connectivity index (χ0n) is 19.8. The van der Waals surface area contributed by atoms with Crippen LogP contribution in [0.3, 0.4) is 0 Å². The quantitative estimate of drug-likeness (QED) is 0.460. The highest BCUT2D eigenvalue weighted by Crippen LogP contribution is 2.35. The second-order valence-electron chi connectivity index (χ2n) is 9.72. The number of anilines is 1. The molecule has 1 saturated carbocycles. The van der Waals surface area contributed by atoms with Crippen LogP contribution in [-0.4, -0.2) is 68.8 Å². The number of methoxy groups -OCH3 is 1. The van der Waals surface area contributed by atoms with Crippen molar-refractivity contribution < 1.29 is 9.13 Å². The lowest BCUT2D eigenvalue weighted by Crippen LogP contribution is -2.40. The Hall–Kier alpha value is -3.04. The van der Waals surface area contributed by atoms with Crippen molar-refractivity contribution in [2.75, 3.05) is 32.6 Å². The number of imidazole rings is 1. The molecule has 2 N–H and O–H groups in total. The molecule has 0 radical (unpaired) electrons. The minimum absolute atomic E-state index is 0.298. The molecule has 9 heteroatoms. The molecule has 2 aliphatic rings. The van der Waals surface area contributed by atoms with Gasteiger partial charge >= 0.3 is 0 Å². The van der Waals surface area contributed by atoms with Gasteiger partial charge in [-0.15, -0.1) is 0 Å². The van der Waals surface area contributed by atoms with Crippen LogP contribution in [0.5, 0.6) is 0 Å². The largest absolute Gasteiger partial charge is 0.381 e. The first-order valence-corrected chi connectivity index (χ1v) is 12.0. The van der Waals surface area contributed by atoms with Gasteiger partial charge in [0.05, 0.1) is 11.6 Å². The van der Waals surface area contributed by atoms with Crippen molar-refractivity contribution >= 4 is 28.0 Å². The summed E-state index contributed by atoms with van der Waals surface area (Å²) in [6, 6.07) is 4.29. The summed E-state index contributed by atoms with van der Waals surface area (Å²) in [5.74, 6) is 1.16. The molecule has 0 bridgehead atoms. The van der Waals surface area contributed by atoms with Gasteiger partial charge in [-0.2, -0.15) is 4.98 Å². The van der Waals surface area contributed by atoms with Gasteiger partial charge in [0.15, 0.2) is 5.82 Å². The zero-order chi connectivity index (χ0) is 23.4. The number of nitrogens with one attached hydrogen (secondary N) is 2. The number of benzene rings is 1. The minimum Gasteiger partial charge on any atom is -0.381 e. The van der Waals surface area contributed by atoms with Gasteiger partial charge in [0.1, 0.15) is 17.0 Å². The van der Waals surface area contributed by atoms with Crippen LogP contribution < -0.4 is 5.32 Å². The maximum Gasteiger partial charge on any atom is 0.224 e. The average Bonchev–Trinajstić information content (AvgIpc) is 3.37. The maximum absolute atomic E-state index is 15.2. The Morgan fingerprint density at radius 2 is 1.97 bits per heavy atom. The van der Waals surface area contributed by atoms with Gasteiger partial charge in [0.25, 0.3) is 0 Å². The van der Waals surface area contributed by atoms with E-state index in [0.29, 0.717) is 29.7 Å². The zero-order valence-corrected chi connectivity index (χ0v) is 19.8. The fourth-order valence-electron chi connectivity index (χ4n) is 5.41. The number of aromatic amines is 1. The van der Waals surface area contributed by atoms with Crippen LogP contribution in [0.25, 0.3) is 33.2 Å². The maximum atomic E-state index is 15.2. The highest BCUT2D eigenvalue weighted by Gasteiger charge is 2.29. The van der Waals surface area contributed by atoms with E-state index in [9.17, 15) is 0 Å². The molecular formula is C25H30FN7O. The van der Waals surface area contributed by atoms with E-state index >= 15 is 4.39 Å². The molecule has 0 unspecified atom stereocenters. The number of fused-ring (bicyclic) bond motifs is 2. The number of nitrogens with zero attached hydrogens (tertiary/aromatic N) is 5. The number of aryl methyl sites for hydroxylation is 1. The molecule has 8 nitrogen and oxygen atoms in total. The predicted molar refractivity (Wildman–Crippen MR) is 131 cm³/mol. The topological polar surface area (TPSA) is 83.9 Å². The van der Waals surface area contributed by atoms with E-state index in [-0.39, 0.29) is 5.82 Å². The molecule has 1 aliphatic heterocycles. The van der Waals surface area contributed by atoms with Crippen LogP contribution >= 0.6 is 0 Å². The van der Waals surface area contributed by atoms with E-state index in [4.69, 9.17) is 4.74 Å². The standard InChI is InChI=1S/C25H30FN7O/c1-14-29-23-21(26)8-15(9-22(23)33(14)17-4-6-32(2)7-5-17)19-12-27-24-20(19)13-28-25(31-24)30-16-10-18(11-16)34-3/h8-9,12-13,16-18H,4-7,10-11H2,1-3H3,(H2,27,28,30,31)/t16-,18+. The third-order valence-corrected chi connectivity index (χ3v) is 7.48. The second kappa shape index (κ2) is 8.32. The van der Waals surface area contributed by atoms with Gasteiger partial charge in [-0.05, 0) is 70.4 Å². The number of H-pyrrole nitrogens is 1. The van der Waals surface area contributed by atoms with Crippen molar-refractivity contribution in [3.05, 3.63) is 36.2 Å². The third-order valence-electron chi connectivity index (χ3n) is 7.48. The van der Waals surface area contributed by atoms with Crippen molar-refractivity contribution in [1.82, 2.24) is 29.4 Å². The minimum atomic E-state index is -0.298. The lowest BCUT2D eigenvalue weighted by atomic mass is 9.89. The first-order valence-electron chi connectivity index (χ1n) is 12.0. The van der Waals surface area contributed by atoms with E-state index < -0.39 is 0 Å². The SMILES string of the molecule is CO[C@H]1C[C@@H](Nc2ncc3c(-c4cc(F)c5nc(C)n(C6CCN(C)CC6)c5c4)c[nH]c3n2)C1. The van der Waals surface area contributed by atoms with Crippen LogP contribution in [-0.2, 0) is 4.74 Å². The molecule has 34 heavy (non-hydrogen) atoms. The molecule has 0 amide bonds. The number of hydrogen-bond acceptors (Lipinski definition) is 6. The van der Waals surface area contributed by atoms with Crippen LogP contribution in [0.15, 0.2) is 24.5 Å². The summed E-state index contributed by atoms with van der Waals surface area (Å²) in [7, 11) is 3.89. The van der Waals surface area contributed by atoms with E-state index in [0.717, 1.165) is 72.3 Å². The Kier molecular flexibility index (Phi) is 5.26. The Morgan fingerprint density at radius 3 is 2.74 bits per heavy atom. The lowest BCUT2D eigenvalue weighted by Gasteiger charge is -2.34. The number of piperidine rings is 1. The fraction of sp³-hybridized carbons (Fsp3) is 0.480. The van der Waals surface area contributed by atoms with Crippen LogP contribution in [0.1, 0.15) is 37.5 Å². The number of rotatable bonds is 5. The van der Waals surface area contributed by atoms with Crippen molar-refractivity contribution in [3.8, 4) is 11.1 Å². The smallest absolute Gasteiger partial charge is 0.224 e. The molecular weight excluding hydrogens is 433 g/mol. The number of likely N-dealkylation sites (tertiary alicyclic amines) is 1. The van der Waals surface area contributed by atoms with Gasteiger partial charge in [-0.3, -0.25) is 0 Å². The molecule has 6 rings (SSSR count). The van der Waals surface area contributed by atoms with E-state index in [1.807, 2.05) is 19.3 Å². The van der Waals surface area contributed by atoms with E-state index in [2.05, 4.69) is 47.8 Å². The van der Waals surface area contributed by atoms with Gasteiger partial charge < -0.3 is 24.5 Å². The Balaban J connectivity index is 1.34. The molecule has 0 spiro atoms. The summed E-state index contributed by atoms with van der Waals surface area (Å²) in [5, 5.41) is 4.24. The summed E-state index contributed by atoms with van der Waals surface area (Å²) in [6.07, 6.45) is 8.00. The van der Waals surface area contributed by atoms with Gasteiger partial charge in [0, 0.05) is 42.5 Å². The van der Waals surface area contributed by atoms with Crippen LogP contribution in [0.4, 0.5) is 10.3 Å². The van der Waals surface area contributed by atoms with Crippen LogP contribution in [0.2, 0.25) is 0 Å². The van der Waals surface area contributed by atoms with E-state index in [1.165, 1.54) is 0 Å². The number of halogens is 1. The molecule has 178 valence electrons. The molecule has 1 saturated heterocycles. The highest BCUT2D eigenvalue weighted by atomic mass is 19.1. The monoisotopic (exact) mass is 463 g/mol. The lowest BCUT2D eigenvalue weighted by molar-refractivity contribution is 0.0327. The Labute approximate surface area is 197 Å². The number of hydrogen-bond donors (Lipinski definition) is 2. The fourth-order valence-corrected chi connectivity index (χ4v) is 5.41. The molecule has 1 aliphatic carbocycles. The summed E-state index contributed by atoms with van der Waals surface area (Å²) in [6.45, 7) is 4.05. The second-order valence-corrected chi connectivity index (χ2v) is 9.72. The molecule has 1 aromatic carbocycles. The first-order chi connectivity index (χ1) is 16.5. The number of aromatic nitrogens is 5. The van der Waals surface area contributed by atoms with Crippen molar-refractivity contribution in [1.29, 1.82) is 0 Å². The summed E-state index contributed by atoms with van der Waals surface area (Å²) in [5.41, 5.74) is 3.72. The number of ether oxygens (including phenoxy) is 1. The van der Waals surface area contributed by atoms with Crippen molar-refractivity contribution in [3.63, 3.8) is 0 Å². The molecule has 4 aromatic rings. The van der Waals surface area contributed by atoms with Crippen LogP contribution in [0, 0.1) is 12.7 Å². The Morgan fingerprint density at radius 1 is 1.18 bits per heavy atom. The normalized spacial score (nSPS) is 21.9. The third kappa shape index (κ3) is 3.63.